The van der Waals surface area contributed by atoms with Gasteiger partial charge in [-0.1, -0.05) is 22.6 Å². The zero-order valence-electron chi connectivity index (χ0n) is 8.23. The van der Waals surface area contributed by atoms with E-state index in [9.17, 15) is 9.90 Å². The monoisotopic (exact) mass is 338 g/mol. The van der Waals surface area contributed by atoms with E-state index < -0.39 is 18.4 Å². The average Bonchev–Trinajstić information content (AvgIpc) is 2.57. The summed E-state index contributed by atoms with van der Waals surface area (Å²) in [4.78, 5) is 14.5. The van der Waals surface area contributed by atoms with Gasteiger partial charge in [-0.05, 0) is 0 Å². The summed E-state index contributed by atoms with van der Waals surface area (Å²) in [5.74, 6) is 0. The van der Waals surface area contributed by atoms with Crippen LogP contribution in [0.2, 0.25) is 0 Å². The summed E-state index contributed by atoms with van der Waals surface area (Å²) in [6.07, 6.45) is 1.19. The Hall–Kier alpha value is -0.510. The first-order valence-electron chi connectivity index (χ1n) is 4.75. The molecule has 1 aliphatic heterocycles. The van der Waals surface area contributed by atoms with Crippen molar-refractivity contribution in [2.75, 3.05) is 6.61 Å². The molecule has 1 aromatic rings. The van der Waals surface area contributed by atoms with Crippen LogP contribution in [0.1, 0.15) is 6.23 Å². The minimum Gasteiger partial charge on any atom is -0.394 e. The molecule has 16 heavy (non-hydrogen) atoms. The van der Waals surface area contributed by atoms with Crippen molar-refractivity contribution in [3.8, 4) is 0 Å². The molecular weight excluding hydrogens is 327 g/mol. The van der Waals surface area contributed by atoms with Crippen molar-refractivity contribution in [3.63, 3.8) is 0 Å². The van der Waals surface area contributed by atoms with Gasteiger partial charge < -0.3 is 19.5 Å². The molecule has 4 atom stereocenters. The van der Waals surface area contributed by atoms with E-state index in [-0.39, 0.29) is 16.1 Å². The second-order valence-corrected chi connectivity index (χ2v) is 4.97. The van der Waals surface area contributed by atoms with Gasteiger partial charge in [0.25, 0.3) is 5.56 Å². The summed E-state index contributed by atoms with van der Waals surface area (Å²) in [5, 5.41) is 18.8. The molecule has 1 aromatic heterocycles. The number of halogens is 1. The Balaban J connectivity index is 2.22. The minimum absolute atomic E-state index is 0.195. The molecule has 7 heteroatoms. The molecule has 2 N–H and O–H groups in total. The fourth-order valence-corrected chi connectivity index (χ4v) is 2.60. The molecule has 0 radical (unpaired) electrons. The lowest BCUT2D eigenvalue weighted by Gasteiger charge is -2.16. The van der Waals surface area contributed by atoms with E-state index in [2.05, 4.69) is 27.6 Å². The Kier molecular flexibility index (Phi) is 3.57. The van der Waals surface area contributed by atoms with Crippen LogP contribution in [0, 0.1) is 0 Å². The van der Waals surface area contributed by atoms with E-state index >= 15 is 0 Å². The van der Waals surface area contributed by atoms with Crippen LogP contribution in [0.4, 0.5) is 0 Å². The van der Waals surface area contributed by atoms with E-state index in [0.29, 0.717) is 0 Å². The van der Waals surface area contributed by atoms with Gasteiger partial charge in [0, 0.05) is 12.3 Å². The third-order valence-corrected chi connectivity index (χ3v) is 3.83. The third kappa shape index (κ3) is 2.12. The van der Waals surface area contributed by atoms with Crippen molar-refractivity contribution >= 4 is 22.6 Å². The molecule has 0 aromatic carbocycles. The maximum atomic E-state index is 10.8. The molecular formula is C9H11IN2O4. The van der Waals surface area contributed by atoms with Gasteiger partial charge in [0.1, 0.15) is 18.7 Å². The molecule has 0 spiro atoms. The first-order chi connectivity index (χ1) is 7.63. The normalized spacial score (nSPS) is 34.2. The summed E-state index contributed by atoms with van der Waals surface area (Å²) in [6.45, 7) is -0.231. The number of ether oxygens (including phenoxy) is 1. The Morgan fingerprint density at radius 1 is 1.62 bits per heavy atom. The van der Waals surface area contributed by atoms with Crippen LogP contribution < -0.4 is 5.56 Å². The fraction of sp³-hybridized carbons (Fsp3) is 0.556. The predicted molar refractivity (Wildman–Crippen MR) is 63.3 cm³/mol. The zero-order valence-corrected chi connectivity index (χ0v) is 10.4. The van der Waals surface area contributed by atoms with Crippen molar-refractivity contribution in [1.82, 2.24) is 9.55 Å². The maximum Gasteiger partial charge on any atom is 0.272 e. The highest BCUT2D eigenvalue weighted by Crippen LogP contribution is 2.34. The van der Waals surface area contributed by atoms with Gasteiger partial charge >= 0.3 is 0 Å². The van der Waals surface area contributed by atoms with Gasteiger partial charge in [0.15, 0.2) is 0 Å². The fourth-order valence-electron chi connectivity index (χ4n) is 1.60. The van der Waals surface area contributed by atoms with Crippen LogP contribution >= 0.6 is 22.6 Å². The molecule has 0 saturated carbocycles. The van der Waals surface area contributed by atoms with Crippen LogP contribution in [-0.2, 0) is 4.74 Å². The molecule has 2 rings (SSSR count). The van der Waals surface area contributed by atoms with Crippen LogP contribution in [0.25, 0.3) is 0 Å². The van der Waals surface area contributed by atoms with Gasteiger partial charge in [0.2, 0.25) is 0 Å². The molecule has 88 valence electrons. The summed E-state index contributed by atoms with van der Waals surface area (Å²) in [5.41, 5.74) is -0.321. The van der Waals surface area contributed by atoms with Crippen LogP contribution in [0.15, 0.2) is 23.4 Å². The number of hydrogen-bond donors (Lipinski definition) is 2. The summed E-state index contributed by atoms with van der Waals surface area (Å²) >= 11 is 2.06. The average molecular weight is 338 g/mol. The van der Waals surface area contributed by atoms with E-state index in [1.54, 1.807) is 10.8 Å². The molecule has 1 aliphatic rings. The van der Waals surface area contributed by atoms with Crippen LogP contribution in [-0.4, -0.2) is 42.5 Å². The predicted octanol–water partition coefficient (Wildman–Crippen LogP) is -0.703. The van der Waals surface area contributed by atoms with Crippen molar-refractivity contribution < 1.29 is 14.9 Å². The van der Waals surface area contributed by atoms with Gasteiger partial charge in [-0.25, -0.2) is 0 Å². The molecule has 1 unspecified atom stereocenters. The van der Waals surface area contributed by atoms with E-state index in [4.69, 9.17) is 9.84 Å². The molecule has 1 saturated heterocycles. The lowest BCUT2D eigenvalue weighted by Crippen LogP contribution is -2.29. The van der Waals surface area contributed by atoms with Crippen LogP contribution in [0.5, 0.6) is 0 Å². The standard InChI is InChI=1S/C9H11IN2O4/c10-7-8(15)5(3-13)16-9(7)12-2-1-6(14)11-4-12/h1-2,4-5,7-9,13,15H,3H2/t5-,7?,8+,9-/m0/s1. The number of hydrogen-bond acceptors (Lipinski definition) is 5. The molecule has 2 heterocycles. The number of aliphatic hydroxyl groups is 2. The molecule has 0 aliphatic carbocycles. The molecule has 6 nitrogen and oxygen atoms in total. The second-order valence-electron chi connectivity index (χ2n) is 3.53. The number of rotatable bonds is 2. The van der Waals surface area contributed by atoms with Crippen molar-refractivity contribution in [1.29, 1.82) is 0 Å². The number of alkyl halides is 1. The first kappa shape index (κ1) is 12.0. The summed E-state index contributed by atoms with van der Waals surface area (Å²) in [6, 6.07) is 1.32. The number of aromatic nitrogens is 2. The second kappa shape index (κ2) is 4.78. The number of aliphatic hydroxyl groups excluding tert-OH is 2. The van der Waals surface area contributed by atoms with E-state index in [1.807, 2.05) is 0 Å². The van der Waals surface area contributed by atoms with Crippen molar-refractivity contribution in [3.05, 3.63) is 28.9 Å². The van der Waals surface area contributed by atoms with Crippen molar-refractivity contribution in [2.24, 2.45) is 0 Å². The van der Waals surface area contributed by atoms with E-state index in [0.717, 1.165) is 0 Å². The highest BCUT2D eigenvalue weighted by molar-refractivity contribution is 14.1. The van der Waals surface area contributed by atoms with Crippen molar-refractivity contribution in [2.45, 2.75) is 22.4 Å². The number of nitrogens with zero attached hydrogens (tertiary/aromatic N) is 2. The Labute approximate surface area is 105 Å². The first-order valence-corrected chi connectivity index (χ1v) is 6.00. The summed E-state index contributed by atoms with van der Waals surface area (Å²) in [7, 11) is 0. The lowest BCUT2D eigenvalue weighted by molar-refractivity contribution is -0.0445. The quantitative estimate of drug-likeness (QED) is 0.550. The minimum atomic E-state index is -0.727. The smallest absolute Gasteiger partial charge is 0.272 e. The highest BCUT2D eigenvalue weighted by Gasteiger charge is 2.42. The largest absolute Gasteiger partial charge is 0.394 e. The topological polar surface area (TPSA) is 84.6 Å². The molecule has 1 fully saturated rings. The zero-order chi connectivity index (χ0) is 11.7. The SMILES string of the molecule is O=c1ccn([C@H]2O[C@@H](CO)[C@@H](O)C2I)cn1. The molecule has 0 bridgehead atoms. The lowest BCUT2D eigenvalue weighted by atomic mass is 10.2. The molecule has 0 amide bonds. The van der Waals surface area contributed by atoms with E-state index in [1.165, 1.54) is 12.4 Å². The highest BCUT2D eigenvalue weighted by atomic mass is 127. The Bertz CT molecular complexity index is 404. The summed E-state index contributed by atoms with van der Waals surface area (Å²) < 4.78 is 6.89. The van der Waals surface area contributed by atoms with Gasteiger partial charge in [-0.3, -0.25) is 4.79 Å². The van der Waals surface area contributed by atoms with Crippen LogP contribution in [0.3, 0.4) is 0 Å². The Morgan fingerprint density at radius 2 is 2.38 bits per heavy atom. The van der Waals surface area contributed by atoms with Gasteiger partial charge in [0.05, 0.1) is 16.6 Å². The third-order valence-electron chi connectivity index (χ3n) is 2.48. The Morgan fingerprint density at radius 3 is 2.88 bits per heavy atom. The van der Waals surface area contributed by atoms with Gasteiger partial charge in [-0.2, -0.15) is 4.98 Å². The van der Waals surface area contributed by atoms with Gasteiger partial charge in [-0.15, -0.1) is 0 Å². The maximum absolute atomic E-state index is 10.8.